The predicted molar refractivity (Wildman–Crippen MR) is 202 cm³/mol. The number of hydrogen-bond donors (Lipinski definition) is 0. The van der Waals surface area contributed by atoms with Gasteiger partial charge in [0.2, 0.25) is 0 Å². The molecule has 0 radical (unpaired) electrons. The van der Waals surface area contributed by atoms with Crippen molar-refractivity contribution in [1.29, 1.82) is 0 Å². The molecule has 0 saturated carbocycles. The van der Waals surface area contributed by atoms with Crippen LogP contribution in [0.5, 0.6) is 23.0 Å². The molecule has 0 aliphatic carbocycles. The molecule has 49 heavy (non-hydrogen) atoms. The first-order chi connectivity index (χ1) is 24.0. The summed E-state index contributed by atoms with van der Waals surface area (Å²) in [5.41, 5.74) is 6.92. The topological polar surface area (TPSA) is 43.4 Å². The number of ether oxygens (including phenoxy) is 4. The lowest BCUT2D eigenvalue weighted by Crippen LogP contribution is -2.14. The summed E-state index contributed by atoms with van der Waals surface area (Å²) in [5.74, 6) is 3.14. The van der Waals surface area contributed by atoms with E-state index < -0.39 is 0 Å². The summed E-state index contributed by atoms with van der Waals surface area (Å²) in [6.45, 7) is 2.13. The normalized spacial score (nSPS) is 11.0. The quantitative estimate of drug-likeness (QED) is 0.147. The molecule has 0 saturated heterocycles. The number of hydrogen-bond acceptors (Lipinski definition) is 6. The van der Waals surface area contributed by atoms with Crippen LogP contribution in [0.3, 0.4) is 0 Å². The van der Waals surface area contributed by atoms with Crippen LogP contribution in [-0.2, 0) is 0 Å². The van der Waals surface area contributed by atoms with Crippen molar-refractivity contribution in [2.45, 2.75) is 6.92 Å². The van der Waals surface area contributed by atoms with Gasteiger partial charge in [-0.3, -0.25) is 0 Å². The molecular weight excluding hydrogens is 608 g/mol. The van der Waals surface area contributed by atoms with Crippen LogP contribution in [0, 0.1) is 6.92 Å². The number of benzene rings is 7. The second-order valence-electron chi connectivity index (χ2n) is 11.8. The average Bonchev–Trinajstić information content (AvgIpc) is 3.14. The Morgan fingerprint density at radius 2 is 0.796 bits per heavy atom. The van der Waals surface area contributed by atoms with Crippen molar-refractivity contribution >= 4 is 55.7 Å². The zero-order chi connectivity index (χ0) is 33.9. The fourth-order valence-corrected chi connectivity index (χ4v) is 6.64. The van der Waals surface area contributed by atoms with Gasteiger partial charge in [0.15, 0.2) is 0 Å². The van der Waals surface area contributed by atoms with Gasteiger partial charge >= 0.3 is 0 Å². The maximum absolute atomic E-state index is 5.94. The third kappa shape index (κ3) is 5.93. The molecule has 0 aliphatic rings. The van der Waals surface area contributed by atoms with Crippen LogP contribution in [0.2, 0.25) is 0 Å². The largest absolute Gasteiger partial charge is 0.497 e. The maximum Gasteiger partial charge on any atom is 0.128 e. The van der Waals surface area contributed by atoms with Crippen molar-refractivity contribution < 1.29 is 18.9 Å². The molecule has 7 rings (SSSR count). The molecule has 6 heteroatoms. The first kappa shape index (κ1) is 31.5. The Hall–Kier alpha value is -6.14. The van der Waals surface area contributed by atoms with E-state index in [-0.39, 0.29) is 0 Å². The average molecular weight is 647 g/mol. The zero-order valence-corrected chi connectivity index (χ0v) is 28.3. The molecule has 0 spiro atoms. The molecule has 7 aromatic carbocycles. The summed E-state index contributed by atoms with van der Waals surface area (Å²) in [4.78, 5) is 4.55. The maximum atomic E-state index is 5.94. The van der Waals surface area contributed by atoms with Gasteiger partial charge in [0.05, 0.1) is 39.8 Å². The van der Waals surface area contributed by atoms with E-state index in [4.69, 9.17) is 18.9 Å². The highest BCUT2D eigenvalue weighted by molar-refractivity contribution is 6.05. The number of fused-ring (bicyclic) bond motifs is 2. The fraction of sp³-hybridized carbons (Fsp3) is 0.116. The number of nitrogens with zero attached hydrogens (tertiary/aromatic N) is 2. The van der Waals surface area contributed by atoms with Crippen molar-refractivity contribution in [2.24, 2.45) is 0 Å². The van der Waals surface area contributed by atoms with Gasteiger partial charge in [0.25, 0.3) is 0 Å². The van der Waals surface area contributed by atoms with Crippen LogP contribution in [0.15, 0.2) is 140 Å². The van der Waals surface area contributed by atoms with E-state index in [0.717, 1.165) is 84.2 Å². The first-order valence-electron chi connectivity index (χ1n) is 16.1. The molecular formula is C43H38N2O4. The number of aryl methyl sites for hydroxylation is 1. The van der Waals surface area contributed by atoms with Crippen molar-refractivity contribution in [3.8, 4) is 23.0 Å². The van der Waals surface area contributed by atoms with E-state index in [0.29, 0.717) is 0 Å². The van der Waals surface area contributed by atoms with Crippen LogP contribution < -0.4 is 28.7 Å². The molecule has 0 amide bonds. The minimum Gasteiger partial charge on any atom is -0.497 e. The summed E-state index contributed by atoms with van der Waals surface area (Å²) in [5, 5.41) is 4.19. The lowest BCUT2D eigenvalue weighted by molar-refractivity contribution is 0.415. The SMILES string of the molecule is COc1cccc(N(c2cc(C)cc(N(c3cccc(OC)c3)c3cccc4cccc(OC)c34)c2)c2cccc3cccc(OC)c23)c1. The molecule has 7 aromatic rings. The van der Waals surface area contributed by atoms with Crippen LogP contribution in [-0.4, -0.2) is 28.4 Å². The molecule has 0 heterocycles. The van der Waals surface area contributed by atoms with Gasteiger partial charge in [-0.15, -0.1) is 0 Å². The van der Waals surface area contributed by atoms with Crippen LogP contribution in [0.25, 0.3) is 21.5 Å². The van der Waals surface area contributed by atoms with Gasteiger partial charge in [-0.05, 0) is 90.0 Å². The van der Waals surface area contributed by atoms with E-state index in [9.17, 15) is 0 Å². The highest BCUT2D eigenvalue weighted by atomic mass is 16.5. The van der Waals surface area contributed by atoms with Gasteiger partial charge < -0.3 is 28.7 Å². The second-order valence-corrected chi connectivity index (χ2v) is 11.8. The standard InChI is InChI=1S/C43H38N2O4/c1-29-24-34(44(32-16-10-18-36(27-32)46-2)38-20-6-12-30-14-8-22-40(48-4)42(30)38)26-35(25-29)45(33-17-11-19-37(28-33)47-3)39-21-7-13-31-15-9-23-41(49-5)43(31)39/h6-28H,1-5H3. The van der Waals surface area contributed by atoms with Crippen molar-refractivity contribution in [2.75, 3.05) is 38.2 Å². The number of methoxy groups -OCH3 is 4. The van der Waals surface area contributed by atoms with Crippen LogP contribution >= 0.6 is 0 Å². The van der Waals surface area contributed by atoms with E-state index in [1.165, 1.54) is 0 Å². The third-order valence-electron chi connectivity index (χ3n) is 8.80. The lowest BCUT2D eigenvalue weighted by atomic mass is 10.0. The molecule has 0 N–H and O–H groups in total. The molecule has 0 atom stereocenters. The molecule has 0 aromatic heterocycles. The molecule has 244 valence electrons. The lowest BCUT2D eigenvalue weighted by Gasteiger charge is -2.31. The summed E-state index contributed by atoms with van der Waals surface area (Å²) in [6, 6.07) is 47.9. The zero-order valence-electron chi connectivity index (χ0n) is 28.3. The summed E-state index contributed by atoms with van der Waals surface area (Å²) < 4.78 is 23.3. The Kier molecular flexibility index (Phi) is 8.69. The van der Waals surface area contributed by atoms with E-state index in [1.807, 2.05) is 48.5 Å². The third-order valence-corrected chi connectivity index (χ3v) is 8.80. The predicted octanol–water partition coefficient (Wildman–Crippen LogP) is 11.3. The number of rotatable bonds is 10. The van der Waals surface area contributed by atoms with Gasteiger partial charge in [-0.25, -0.2) is 0 Å². The smallest absolute Gasteiger partial charge is 0.128 e. The van der Waals surface area contributed by atoms with Crippen LogP contribution in [0.4, 0.5) is 34.1 Å². The van der Waals surface area contributed by atoms with Gasteiger partial charge in [-0.2, -0.15) is 0 Å². The molecule has 0 fully saturated rings. The van der Waals surface area contributed by atoms with Crippen LogP contribution in [0.1, 0.15) is 5.56 Å². The van der Waals surface area contributed by atoms with Crippen molar-refractivity contribution in [3.63, 3.8) is 0 Å². The monoisotopic (exact) mass is 646 g/mol. The highest BCUT2D eigenvalue weighted by Crippen LogP contribution is 2.47. The Balaban J connectivity index is 1.53. The summed E-state index contributed by atoms with van der Waals surface area (Å²) in [7, 11) is 6.83. The Morgan fingerprint density at radius 3 is 1.20 bits per heavy atom. The summed E-state index contributed by atoms with van der Waals surface area (Å²) >= 11 is 0. The summed E-state index contributed by atoms with van der Waals surface area (Å²) in [6.07, 6.45) is 0. The minimum absolute atomic E-state index is 0.767. The van der Waals surface area contributed by atoms with E-state index in [1.54, 1.807) is 28.4 Å². The highest BCUT2D eigenvalue weighted by Gasteiger charge is 2.23. The van der Waals surface area contributed by atoms with Crippen molar-refractivity contribution in [3.05, 3.63) is 145 Å². The van der Waals surface area contributed by atoms with Crippen molar-refractivity contribution in [1.82, 2.24) is 0 Å². The number of anilines is 6. The van der Waals surface area contributed by atoms with E-state index in [2.05, 4.69) is 108 Å². The molecule has 0 aliphatic heterocycles. The van der Waals surface area contributed by atoms with E-state index >= 15 is 0 Å². The van der Waals surface area contributed by atoms with Gasteiger partial charge in [0, 0.05) is 45.7 Å². The Morgan fingerprint density at radius 1 is 0.388 bits per heavy atom. The Bertz CT molecular complexity index is 2110. The first-order valence-corrected chi connectivity index (χ1v) is 16.1. The van der Waals surface area contributed by atoms with Gasteiger partial charge in [-0.1, -0.05) is 60.7 Å². The minimum atomic E-state index is 0.767. The Labute approximate surface area is 287 Å². The molecule has 0 unspecified atom stereocenters. The second kappa shape index (κ2) is 13.5. The fourth-order valence-electron chi connectivity index (χ4n) is 6.64. The molecule has 6 nitrogen and oxygen atoms in total. The molecule has 0 bridgehead atoms. The van der Waals surface area contributed by atoms with Gasteiger partial charge in [0.1, 0.15) is 23.0 Å².